The molecular formula is C22H25F2N7O3. The second-order valence-electron chi connectivity index (χ2n) is 8.05. The molecule has 0 fully saturated rings. The molecule has 1 aliphatic rings. The number of ether oxygens (including phenoxy) is 1. The fourth-order valence-electron chi connectivity index (χ4n) is 3.82. The van der Waals surface area contributed by atoms with Crippen LogP contribution in [-0.2, 0) is 9.59 Å². The average molecular weight is 473 g/mol. The summed E-state index contributed by atoms with van der Waals surface area (Å²) in [7, 11) is 0. The minimum Gasteiger partial charge on any atom is -0.486 e. The highest BCUT2D eigenvalue weighted by molar-refractivity contribution is 5.96. The van der Waals surface area contributed by atoms with E-state index in [1.165, 1.54) is 24.2 Å². The third-order valence-electron chi connectivity index (χ3n) is 5.40. The molecule has 1 aliphatic heterocycles. The van der Waals surface area contributed by atoms with Crippen LogP contribution in [-0.4, -0.2) is 50.9 Å². The smallest absolute Gasteiger partial charge is 0.233 e. The normalized spacial score (nSPS) is 15.1. The third kappa shape index (κ3) is 4.90. The van der Waals surface area contributed by atoms with E-state index in [0.29, 0.717) is 29.9 Å². The van der Waals surface area contributed by atoms with Gasteiger partial charge in [-0.25, -0.2) is 9.37 Å². The van der Waals surface area contributed by atoms with Gasteiger partial charge in [0.15, 0.2) is 23.0 Å². The summed E-state index contributed by atoms with van der Waals surface area (Å²) in [5, 5.41) is 5.76. The van der Waals surface area contributed by atoms with Crippen LogP contribution in [0.1, 0.15) is 39.5 Å². The van der Waals surface area contributed by atoms with Crippen LogP contribution >= 0.6 is 0 Å². The summed E-state index contributed by atoms with van der Waals surface area (Å²) in [6.45, 7) is 3.86. The largest absolute Gasteiger partial charge is 0.486 e. The number of aromatic amines is 1. The zero-order valence-electron chi connectivity index (χ0n) is 18.8. The molecule has 0 bridgehead atoms. The summed E-state index contributed by atoms with van der Waals surface area (Å²) < 4.78 is 32.9. The number of hydrogen-bond donors (Lipinski definition) is 3. The van der Waals surface area contributed by atoms with Crippen LogP contribution in [0, 0.1) is 11.6 Å². The van der Waals surface area contributed by atoms with Crippen molar-refractivity contribution in [3.05, 3.63) is 30.1 Å². The first-order chi connectivity index (χ1) is 16.3. The van der Waals surface area contributed by atoms with Gasteiger partial charge in [0, 0.05) is 19.9 Å². The number of carbonyl (C=O) groups is 2. The highest BCUT2D eigenvalue weighted by atomic mass is 19.2. The van der Waals surface area contributed by atoms with Crippen molar-refractivity contribution < 1.29 is 23.1 Å². The maximum Gasteiger partial charge on any atom is 0.233 e. The lowest BCUT2D eigenvalue weighted by molar-refractivity contribution is -0.119. The van der Waals surface area contributed by atoms with E-state index in [2.05, 4.69) is 30.6 Å². The fourth-order valence-corrected chi connectivity index (χ4v) is 3.82. The van der Waals surface area contributed by atoms with E-state index in [1.807, 2.05) is 0 Å². The number of carbonyl (C=O) groups excluding carboxylic acids is 2. The molecule has 3 heterocycles. The van der Waals surface area contributed by atoms with E-state index >= 15 is 0 Å². The van der Waals surface area contributed by atoms with Gasteiger partial charge in [-0.05, 0) is 31.9 Å². The summed E-state index contributed by atoms with van der Waals surface area (Å²) in [4.78, 5) is 41.2. The zero-order valence-corrected chi connectivity index (χ0v) is 18.8. The molecule has 0 saturated carbocycles. The number of imidazole rings is 1. The number of nitrogens with one attached hydrogen (secondary N) is 3. The lowest BCUT2D eigenvalue weighted by Crippen LogP contribution is -2.45. The molecule has 180 valence electrons. The quantitative estimate of drug-likeness (QED) is 0.428. The molecule has 2 amide bonds. The van der Waals surface area contributed by atoms with Crippen LogP contribution in [0.4, 0.5) is 26.2 Å². The monoisotopic (exact) mass is 473 g/mol. The molecule has 0 radical (unpaired) electrons. The summed E-state index contributed by atoms with van der Waals surface area (Å²) in [6, 6.07) is 2.10. The van der Waals surface area contributed by atoms with Crippen LogP contribution < -0.4 is 20.3 Å². The topological polar surface area (TPSA) is 125 Å². The molecule has 34 heavy (non-hydrogen) atoms. The molecule has 12 heteroatoms. The Morgan fingerprint density at radius 1 is 1.24 bits per heavy atom. The van der Waals surface area contributed by atoms with Crippen LogP contribution in [0.2, 0.25) is 0 Å². The predicted octanol–water partition coefficient (Wildman–Crippen LogP) is 3.38. The molecule has 10 nitrogen and oxygen atoms in total. The predicted molar refractivity (Wildman–Crippen MR) is 122 cm³/mol. The maximum absolute atomic E-state index is 14.1. The number of hydrogen-bond acceptors (Lipinski definition) is 7. The number of unbranched alkanes of at least 4 members (excludes halogenated alkanes) is 2. The number of benzene rings is 1. The van der Waals surface area contributed by atoms with Crippen molar-refractivity contribution in [2.24, 2.45) is 0 Å². The standard InChI is InChI=1S/C22H25F2N7O3/c1-12-10-34-19-15(8-7-14(23)17(19)24)31(12)16(33)6-4-3-5-9-25-20-18-21(27-11-26-18)30-22(29-20)28-13(2)32/h7-8,11-12H,3-6,9-10H2,1-2H3,(H3,25,26,27,28,29,30,32)/t12-/m1/s1. The SMILES string of the molecule is CC(=O)Nc1nc(NCCCCCC(=O)N2c3ccc(F)c(F)c3OC[C@H]2C)c2[nH]cnc2n1. The minimum atomic E-state index is -1.08. The van der Waals surface area contributed by atoms with Gasteiger partial charge in [0.25, 0.3) is 0 Å². The first kappa shape index (κ1) is 23.3. The van der Waals surface area contributed by atoms with Gasteiger partial charge in [0.05, 0.1) is 18.1 Å². The Labute approximate surface area is 194 Å². The van der Waals surface area contributed by atoms with Crippen molar-refractivity contribution in [3.63, 3.8) is 0 Å². The van der Waals surface area contributed by atoms with E-state index in [9.17, 15) is 18.4 Å². The summed E-state index contributed by atoms with van der Waals surface area (Å²) in [6.07, 6.45) is 3.92. The molecule has 3 N–H and O–H groups in total. The second-order valence-corrected chi connectivity index (χ2v) is 8.05. The molecule has 0 aliphatic carbocycles. The Balaban J connectivity index is 1.29. The Morgan fingerprint density at radius 3 is 2.85 bits per heavy atom. The number of fused-ring (bicyclic) bond motifs is 2. The van der Waals surface area contributed by atoms with E-state index < -0.39 is 11.6 Å². The first-order valence-corrected chi connectivity index (χ1v) is 11.0. The van der Waals surface area contributed by atoms with Crippen molar-refractivity contribution in [3.8, 4) is 5.75 Å². The number of halogens is 2. The van der Waals surface area contributed by atoms with Gasteiger partial charge < -0.3 is 19.9 Å². The molecule has 1 aromatic carbocycles. The van der Waals surface area contributed by atoms with Gasteiger partial charge in [-0.3, -0.25) is 14.9 Å². The highest BCUT2D eigenvalue weighted by Gasteiger charge is 2.32. The second kappa shape index (κ2) is 9.98. The average Bonchev–Trinajstić information content (AvgIpc) is 3.26. The maximum atomic E-state index is 14.1. The van der Waals surface area contributed by atoms with Crippen molar-refractivity contribution >= 4 is 40.4 Å². The summed E-state index contributed by atoms with van der Waals surface area (Å²) >= 11 is 0. The van der Waals surface area contributed by atoms with E-state index in [0.717, 1.165) is 18.9 Å². The van der Waals surface area contributed by atoms with Crippen molar-refractivity contribution in [1.82, 2.24) is 19.9 Å². The Kier molecular flexibility index (Phi) is 6.85. The number of rotatable bonds is 8. The van der Waals surface area contributed by atoms with Crippen LogP contribution in [0.15, 0.2) is 18.5 Å². The van der Waals surface area contributed by atoms with E-state index in [1.54, 1.807) is 6.92 Å². The number of anilines is 3. The van der Waals surface area contributed by atoms with Gasteiger partial charge in [-0.15, -0.1) is 0 Å². The number of nitrogens with zero attached hydrogens (tertiary/aromatic N) is 4. The lowest BCUT2D eigenvalue weighted by Gasteiger charge is -2.35. The van der Waals surface area contributed by atoms with Crippen LogP contribution in [0.3, 0.4) is 0 Å². The van der Waals surface area contributed by atoms with Crippen LogP contribution in [0.25, 0.3) is 11.2 Å². The first-order valence-electron chi connectivity index (χ1n) is 11.0. The van der Waals surface area contributed by atoms with Crippen molar-refractivity contribution in [1.29, 1.82) is 0 Å². The van der Waals surface area contributed by atoms with Gasteiger partial charge >= 0.3 is 0 Å². The van der Waals surface area contributed by atoms with Gasteiger partial charge in [0.1, 0.15) is 12.1 Å². The summed E-state index contributed by atoms with van der Waals surface area (Å²) in [5.41, 5.74) is 1.32. The minimum absolute atomic E-state index is 0.102. The fraction of sp³-hybridized carbons (Fsp3) is 0.409. The number of aromatic nitrogens is 4. The number of H-pyrrole nitrogens is 1. The molecule has 2 aromatic heterocycles. The molecule has 0 unspecified atom stereocenters. The molecular weight excluding hydrogens is 448 g/mol. The highest BCUT2D eigenvalue weighted by Crippen LogP contribution is 2.37. The molecule has 4 rings (SSSR count). The molecule has 3 aromatic rings. The third-order valence-corrected chi connectivity index (χ3v) is 5.40. The molecule has 0 saturated heterocycles. The van der Waals surface area contributed by atoms with Gasteiger partial charge in [-0.1, -0.05) is 6.42 Å². The lowest BCUT2D eigenvalue weighted by atomic mass is 10.1. The van der Waals surface area contributed by atoms with Gasteiger partial charge in [0.2, 0.25) is 23.6 Å². The zero-order chi connectivity index (χ0) is 24.2. The van der Waals surface area contributed by atoms with E-state index in [4.69, 9.17) is 4.74 Å². The number of amides is 2. The van der Waals surface area contributed by atoms with Crippen molar-refractivity contribution in [2.45, 2.75) is 45.6 Å². The Hall–Kier alpha value is -3.83. The summed E-state index contributed by atoms with van der Waals surface area (Å²) in [5.74, 6) is -2.06. The molecule has 1 atom stereocenters. The van der Waals surface area contributed by atoms with Crippen molar-refractivity contribution in [2.75, 3.05) is 28.7 Å². The Morgan fingerprint density at radius 2 is 2.06 bits per heavy atom. The van der Waals surface area contributed by atoms with Crippen LogP contribution in [0.5, 0.6) is 5.75 Å². The van der Waals surface area contributed by atoms with E-state index in [-0.39, 0.29) is 48.3 Å². The molecule has 0 spiro atoms. The van der Waals surface area contributed by atoms with Gasteiger partial charge in [-0.2, -0.15) is 14.4 Å². The Bertz CT molecular complexity index is 1220.